The Kier molecular flexibility index (Phi) is 6.66. The van der Waals surface area contributed by atoms with Crippen molar-refractivity contribution in [2.24, 2.45) is 5.92 Å². The van der Waals surface area contributed by atoms with Crippen molar-refractivity contribution in [2.45, 2.75) is 47.1 Å². The van der Waals surface area contributed by atoms with Crippen LogP contribution in [0.15, 0.2) is 12.3 Å². The zero-order valence-corrected chi connectivity index (χ0v) is 11.2. The van der Waals surface area contributed by atoms with Gasteiger partial charge in [-0.15, -0.1) is 0 Å². The Labute approximate surface area is 95.3 Å². The second-order valence-electron chi connectivity index (χ2n) is 4.96. The Hall–Kier alpha value is -0.500. The van der Waals surface area contributed by atoms with E-state index in [9.17, 15) is 0 Å². The Morgan fingerprint density at radius 2 is 1.73 bits per heavy atom. The number of hydrogen-bond acceptors (Lipinski definition) is 2. The summed E-state index contributed by atoms with van der Waals surface area (Å²) in [6.45, 7) is 15.7. The van der Waals surface area contributed by atoms with Crippen LogP contribution in [0, 0.1) is 5.92 Å². The largest absolute Gasteiger partial charge is 0.378 e. The van der Waals surface area contributed by atoms with Crippen LogP contribution >= 0.6 is 0 Å². The molecule has 0 heterocycles. The number of nitrogens with zero attached hydrogens (tertiary/aromatic N) is 1. The summed E-state index contributed by atoms with van der Waals surface area (Å²) in [6, 6.07) is 0. The van der Waals surface area contributed by atoms with Gasteiger partial charge in [0.05, 0.1) is 12.2 Å². The van der Waals surface area contributed by atoms with Crippen LogP contribution in [0.25, 0.3) is 0 Å². The van der Waals surface area contributed by atoms with Crippen LogP contribution in [-0.2, 0) is 4.74 Å². The minimum Gasteiger partial charge on any atom is -0.378 e. The van der Waals surface area contributed by atoms with Crippen molar-refractivity contribution in [1.29, 1.82) is 0 Å². The Morgan fingerprint density at radius 1 is 1.20 bits per heavy atom. The van der Waals surface area contributed by atoms with E-state index < -0.39 is 0 Å². The van der Waals surface area contributed by atoms with Gasteiger partial charge >= 0.3 is 0 Å². The lowest BCUT2D eigenvalue weighted by molar-refractivity contribution is -0.0130. The van der Waals surface area contributed by atoms with Crippen LogP contribution in [-0.4, -0.2) is 30.2 Å². The van der Waals surface area contributed by atoms with Gasteiger partial charge in [-0.25, -0.2) is 0 Å². The molecule has 0 aromatic rings. The first-order valence-corrected chi connectivity index (χ1v) is 5.95. The average molecular weight is 213 g/mol. The summed E-state index contributed by atoms with van der Waals surface area (Å²) in [5, 5.41) is 0. The summed E-state index contributed by atoms with van der Waals surface area (Å²) < 4.78 is 5.72. The molecule has 0 amide bonds. The highest BCUT2D eigenvalue weighted by atomic mass is 16.5. The summed E-state index contributed by atoms with van der Waals surface area (Å²) in [7, 11) is 0. The average Bonchev–Trinajstić information content (AvgIpc) is 2.15. The van der Waals surface area contributed by atoms with E-state index >= 15 is 0 Å². The normalized spacial score (nSPS) is 14.5. The van der Waals surface area contributed by atoms with Gasteiger partial charge in [-0.05, 0) is 46.7 Å². The third-order valence-corrected chi connectivity index (χ3v) is 2.22. The molecule has 15 heavy (non-hydrogen) atoms. The highest BCUT2D eigenvalue weighted by Gasteiger charge is 2.11. The van der Waals surface area contributed by atoms with E-state index in [1.807, 2.05) is 0 Å². The van der Waals surface area contributed by atoms with Crippen LogP contribution in [0.3, 0.4) is 0 Å². The molecule has 0 aromatic carbocycles. The maximum Gasteiger partial charge on any atom is 0.0598 e. The number of hydrogen-bond donors (Lipinski definition) is 0. The molecule has 0 fully saturated rings. The lowest BCUT2D eigenvalue weighted by atomic mass is 10.1. The van der Waals surface area contributed by atoms with E-state index in [1.165, 1.54) is 0 Å². The van der Waals surface area contributed by atoms with Crippen molar-refractivity contribution in [3.63, 3.8) is 0 Å². The third kappa shape index (κ3) is 8.49. The van der Waals surface area contributed by atoms with Gasteiger partial charge in [0.1, 0.15) is 0 Å². The summed E-state index contributed by atoms with van der Waals surface area (Å²) in [5.74, 6) is 0.477. The fourth-order valence-electron chi connectivity index (χ4n) is 1.14. The molecule has 0 unspecified atom stereocenters. The van der Waals surface area contributed by atoms with Gasteiger partial charge in [0.15, 0.2) is 0 Å². The Morgan fingerprint density at radius 3 is 2.13 bits per heavy atom. The lowest BCUT2D eigenvalue weighted by Gasteiger charge is -2.22. The van der Waals surface area contributed by atoms with Crippen LogP contribution in [0.1, 0.15) is 41.5 Å². The van der Waals surface area contributed by atoms with E-state index in [0.29, 0.717) is 5.92 Å². The predicted octanol–water partition coefficient (Wildman–Crippen LogP) is 3.29. The molecule has 0 saturated heterocycles. The van der Waals surface area contributed by atoms with E-state index in [0.717, 1.165) is 19.7 Å². The highest BCUT2D eigenvalue weighted by molar-refractivity contribution is 4.86. The molecule has 0 spiro atoms. The molecule has 90 valence electrons. The monoisotopic (exact) mass is 213 g/mol. The zero-order valence-electron chi connectivity index (χ0n) is 11.2. The van der Waals surface area contributed by atoms with Gasteiger partial charge in [-0.2, -0.15) is 0 Å². The van der Waals surface area contributed by atoms with Crippen molar-refractivity contribution < 1.29 is 4.74 Å². The smallest absolute Gasteiger partial charge is 0.0598 e. The fraction of sp³-hybridized carbons (Fsp3) is 0.846. The van der Waals surface area contributed by atoms with Gasteiger partial charge in [0.25, 0.3) is 0 Å². The van der Waals surface area contributed by atoms with E-state index in [4.69, 9.17) is 4.74 Å². The standard InChI is InChI=1S/C13H27NO/c1-7-14(8-2)10-9-12(3)11-15-13(4,5)6/h9-10,12H,7-8,11H2,1-6H3/t12-/m1/s1. The van der Waals surface area contributed by atoms with E-state index in [-0.39, 0.29) is 5.60 Å². The Bertz CT molecular complexity index is 177. The third-order valence-electron chi connectivity index (χ3n) is 2.22. The number of ether oxygens (including phenoxy) is 1. The lowest BCUT2D eigenvalue weighted by Crippen LogP contribution is -2.22. The van der Waals surface area contributed by atoms with Gasteiger partial charge in [0.2, 0.25) is 0 Å². The summed E-state index contributed by atoms with van der Waals surface area (Å²) in [6.07, 6.45) is 4.40. The molecular formula is C13H27NO. The first kappa shape index (κ1) is 14.5. The summed E-state index contributed by atoms with van der Waals surface area (Å²) in [4.78, 5) is 2.29. The van der Waals surface area contributed by atoms with Crippen molar-refractivity contribution >= 4 is 0 Å². The molecule has 0 radical (unpaired) electrons. The topological polar surface area (TPSA) is 12.5 Å². The molecule has 0 aliphatic heterocycles. The molecular weight excluding hydrogens is 186 g/mol. The molecule has 1 atom stereocenters. The maximum atomic E-state index is 5.72. The molecule has 2 nitrogen and oxygen atoms in total. The van der Waals surface area contributed by atoms with Crippen molar-refractivity contribution in [3.8, 4) is 0 Å². The van der Waals surface area contributed by atoms with Crippen molar-refractivity contribution in [1.82, 2.24) is 4.90 Å². The van der Waals surface area contributed by atoms with Gasteiger partial charge in [0, 0.05) is 13.1 Å². The molecule has 2 heteroatoms. The minimum atomic E-state index is -0.0305. The van der Waals surface area contributed by atoms with Gasteiger partial charge < -0.3 is 9.64 Å². The predicted molar refractivity (Wildman–Crippen MR) is 66.9 cm³/mol. The van der Waals surface area contributed by atoms with Gasteiger partial charge in [-0.1, -0.05) is 13.0 Å². The van der Waals surface area contributed by atoms with Crippen LogP contribution < -0.4 is 0 Å². The highest BCUT2D eigenvalue weighted by Crippen LogP contribution is 2.10. The van der Waals surface area contributed by atoms with Crippen LogP contribution in [0.2, 0.25) is 0 Å². The van der Waals surface area contributed by atoms with Crippen molar-refractivity contribution in [3.05, 3.63) is 12.3 Å². The summed E-state index contributed by atoms with van der Waals surface area (Å²) >= 11 is 0. The molecule has 0 aliphatic carbocycles. The second kappa shape index (κ2) is 6.89. The first-order chi connectivity index (χ1) is 6.89. The number of rotatable bonds is 6. The van der Waals surface area contributed by atoms with Gasteiger partial charge in [-0.3, -0.25) is 0 Å². The minimum absolute atomic E-state index is 0.0305. The fourth-order valence-corrected chi connectivity index (χ4v) is 1.14. The second-order valence-corrected chi connectivity index (χ2v) is 4.96. The van der Waals surface area contributed by atoms with Crippen molar-refractivity contribution in [2.75, 3.05) is 19.7 Å². The SMILES string of the molecule is CCN(C=C[C@@H](C)COC(C)(C)C)CC. The quantitative estimate of drug-likeness (QED) is 0.671. The van der Waals surface area contributed by atoms with Crippen LogP contribution in [0.5, 0.6) is 0 Å². The molecule has 0 rings (SSSR count). The molecule has 0 bridgehead atoms. The first-order valence-electron chi connectivity index (χ1n) is 5.95. The van der Waals surface area contributed by atoms with E-state index in [1.54, 1.807) is 0 Å². The summed E-state index contributed by atoms with van der Waals surface area (Å²) in [5.41, 5.74) is -0.0305. The molecule has 0 aromatic heterocycles. The van der Waals surface area contributed by atoms with E-state index in [2.05, 4.69) is 58.7 Å². The Balaban J connectivity index is 3.87. The maximum absolute atomic E-state index is 5.72. The molecule has 0 saturated carbocycles. The van der Waals surface area contributed by atoms with Crippen LogP contribution in [0.4, 0.5) is 0 Å². The molecule has 0 aliphatic rings. The molecule has 0 N–H and O–H groups in total. The zero-order chi connectivity index (χ0) is 11.9.